The van der Waals surface area contributed by atoms with Gasteiger partial charge in [-0.2, -0.15) is 0 Å². The molecule has 298 valence electrons. The topological polar surface area (TPSA) is 103 Å². The smallest absolute Gasteiger partial charge is 0.407 e. The van der Waals surface area contributed by atoms with Gasteiger partial charge in [0.05, 0.1) is 31.2 Å². The minimum atomic E-state index is -1.06. The van der Waals surface area contributed by atoms with Gasteiger partial charge in [-0.05, 0) is 78.8 Å². The van der Waals surface area contributed by atoms with Crippen molar-refractivity contribution in [2.45, 2.75) is 163 Å². The molecule has 0 rings (SSSR count). The standard InChI is InChI=1S/C42H78N2O7/c1-8-11-13-15-17-18-19-20-21-22-23-24-25-27-29-31-39(45)49-35-37(34-48-7)36-50-40(46)42(4,5)38(30-28-26-16-14-12-9-2)51-41(47)43-32-33-44(6)10-3/h17-18,20-21,37-38H,8-16,19,22-36H2,1-7H3,(H,43,47)/b18-17-,21-20-. The molecular weight excluding hydrogens is 644 g/mol. The monoisotopic (exact) mass is 723 g/mol. The number of hydrogen-bond donors (Lipinski definition) is 1. The van der Waals surface area contributed by atoms with E-state index in [4.69, 9.17) is 18.9 Å². The van der Waals surface area contributed by atoms with E-state index in [1.54, 1.807) is 21.0 Å². The van der Waals surface area contributed by atoms with Crippen molar-refractivity contribution in [3.05, 3.63) is 24.3 Å². The van der Waals surface area contributed by atoms with Gasteiger partial charge in [0.25, 0.3) is 0 Å². The fourth-order valence-corrected chi connectivity index (χ4v) is 5.61. The molecule has 9 heteroatoms. The van der Waals surface area contributed by atoms with Gasteiger partial charge < -0.3 is 29.2 Å². The molecule has 0 aliphatic heterocycles. The van der Waals surface area contributed by atoms with Gasteiger partial charge in [0.2, 0.25) is 0 Å². The van der Waals surface area contributed by atoms with Gasteiger partial charge in [-0.1, -0.05) is 109 Å². The summed E-state index contributed by atoms with van der Waals surface area (Å²) in [5.74, 6) is -0.980. The predicted octanol–water partition coefficient (Wildman–Crippen LogP) is 9.97. The molecule has 0 saturated heterocycles. The van der Waals surface area contributed by atoms with Gasteiger partial charge in [-0.25, -0.2) is 4.79 Å². The van der Waals surface area contributed by atoms with E-state index >= 15 is 0 Å². The second-order valence-electron chi connectivity index (χ2n) is 14.6. The van der Waals surface area contributed by atoms with E-state index in [0.29, 0.717) is 25.9 Å². The second kappa shape index (κ2) is 33.4. The van der Waals surface area contributed by atoms with Gasteiger partial charge in [-0.15, -0.1) is 0 Å². The third-order valence-electron chi connectivity index (χ3n) is 9.37. The number of carbonyl (C=O) groups is 3. The maximum absolute atomic E-state index is 13.4. The molecule has 2 unspecified atom stereocenters. The Bertz CT molecular complexity index is 921. The molecule has 1 amide bonds. The molecule has 0 bridgehead atoms. The first-order valence-electron chi connectivity index (χ1n) is 20.4. The predicted molar refractivity (Wildman–Crippen MR) is 210 cm³/mol. The quantitative estimate of drug-likeness (QED) is 0.0303. The minimum Gasteiger partial charge on any atom is -0.465 e. The van der Waals surface area contributed by atoms with Gasteiger partial charge in [0.1, 0.15) is 6.10 Å². The lowest BCUT2D eigenvalue weighted by Gasteiger charge is -2.32. The zero-order valence-electron chi connectivity index (χ0n) is 33.9. The first kappa shape index (κ1) is 48.6. The van der Waals surface area contributed by atoms with Crippen molar-refractivity contribution in [3.8, 4) is 0 Å². The van der Waals surface area contributed by atoms with Crippen LogP contribution in [-0.2, 0) is 28.5 Å². The molecule has 0 aliphatic carbocycles. The normalized spacial score (nSPS) is 13.2. The Morgan fingerprint density at radius 1 is 0.725 bits per heavy atom. The van der Waals surface area contributed by atoms with Gasteiger partial charge in [0.15, 0.2) is 0 Å². The number of amides is 1. The average molecular weight is 723 g/mol. The summed E-state index contributed by atoms with van der Waals surface area (Å²) >= 11 is 0. The molecule has 1 N–H and O–H groups in total. The summed E-state index contributed by atoms with van der Waals surface area (Å²) in [6.45, 7) is 12.5. The molecule has 0 aromatic carbocycles. The van der Waals surface area contributed by atoms with E-state index < -0.39 is 23.6 Å². The van der Waals surface area contributed by atoms with Gasteiger partial charge in [0, 0.05) is 26.6 Å². The van der Waals surface area contributed by atoms with Crippen molar-refractivity contribution in [1.29, 1.82) is 0 Å². The molecule has 0 heterocycles. The van der Waals surface area contributed by atoms with E-state index in [1.807, 2.05) is 7.05 Å². The molecule has 0 radical (unpaired) electrons. The van der Waals surface area contributed by atoms with Crippen LogP contribution in [0.1, 0.15) is 157 Å². The van der Waals surface area contributed by atoms with Crippen molar-refractivity contribution in [1.82, 2.24) is 10.2 Å². The molecule has 51 heavy (non-hydrogen) atoms. The van der Waals surface area contributed by atoms with E-state index in [1.165, 1.54) is 51.4 Å². The third-order valence-corrected chi connectivity index (χ3v) is 9.37. The highest BCUT2D eigenvalue weighted by Crippen LogP contribution is 2.30. The van der Waals surface area contributed by atoms with Crippen LogP contribution >= 0.6 is 0 Å². The summed E-state index contributed by atoms with van der Waals surface area (Å²) in [5, 5.41) is 2.82. The largest absolute Gasteiger partial charge is 0.465 e. The Kier molecular flexibility index (Phi) is 31.9. The van der Waals surface area contributed by atoms with Crippen molar-refractivity contribution >= 4 is 18.0 Å². The third kappa shape index (κ3) is 27.9. The van der Waals surface area contributed by atoms with Crippen LogP contribution in [0.5, 0.6) is 0 Å². The summed E-state index contributed by atoms with van der Waals surface area (Å²) in [6.07, 6.45) is 27.9. The molecule has 0 aromatic rings. The van der Waals surface area contributed by atoms with Crippen LogP contribution in [0.3, 0.4) is 0 Å². The first-order valence-corrected chi connectivity index (χ1v) is 20.4. The highest BCUT2D eigenvalue weighted by Gasteiger charge is 2.41. The lowest BCUT2D eigenvalue weighted by atomic mass is 9.83. The number of nitrogens with one attached hydrogen (secondary N) is 1. The number of hydrogen-bond acceptors (Lipinski definition) is 8. The number of rotatable bonds is 34. The van der Waals surface area contributed by atoms with Crippen LogP contribution in [0, 0.1) is 11.3 Å². The second-order valence-corrected chi connectivity index (χ2v) is 14.6. The van der Waals surface area contributed by atoms with E-state index in [2.05, 4.69) is 55.3 Å². The summed E-state index contributed by atoms with van der Waals surface area (Å²) in [4.78, 5) is 40.7. The first-order chi connectivity index (χ1) is 24.6. The van der Waals surface area contributed by atoms with Crippen molar-refractivity contribution in [2.75, 3.05) is 53.6 Å². The maximum Gasteiger partial charge on any atom is 0.407 e. The van der Waals surface area contributed by atoms with Crippen LogP contribution in [0.4, 0.5) is 4.79 Å². The Labute approximate surface area is 313 Å². The highest BCUT2D eigenvalue weighted by molar-refractivity contribution is 5.77. The average Bonchev–Trinajstić information content (AvgIpc) is 3.11. The van der Waals surface area contributed by atoms with Gasteiger partial charge >= 0.3 is 18.0 Å². The molecule has 0 spiro atoms. The number of unbranched alkanes of at least 4 members (excludes halogenated alkanes) is 13. The Balaban J connectivity index is 4.63. The number of allylic oxidation sites excluding steroid dienone is 4. The van der Waals surface area contributed by atoms with Crippen molar-refractivity contribution in [3.63, 3.8) is 0 Å². The summed E-state index contributed by atoms with van der Waals surface area (Å²) < 4.78 is 22.5. The van der Waals surface area contributed by atoms with Crippen LogP contribution in [-0.4, -0.2) is 82.6 Å². The van der Waals surface area contributed by atoms with Crippen LogP contribution in [0.2, 0.25) is 0 Å². The Hall–Kier alpha value is -2.39. The molecule has 0 aromatic heterocycles. The minimum absolute atomic E-state index is 0.0480. The van der Waals surface area contributed by atoms with Crippen LogP contribution in [0.25, 0.3) is 0 Å². The summed E-state index contributed by atoms with van der Waals surface area (Å²) in [6, 6.07) is 0. The van der Waals surface area contributed by atoms with E-state index in [0.717, 1.165) is 64.3 Å². The fraction of sp³-hybridized carbons (Fsp3) is 0.833. The lowest BCUT2D eigenvalue weighted by molar-refractivity contribution is -0.164. The zero-order chi connectivity index (χ0) is 38.0. The van der Waals surface area contributed by atoms with E-state index in [-0.39, 0.29) is 31.7 Å². The van der Waals surface area contributed by atoms with Crippen molar-refractivity contribution in [2.24, 2.45) is 11.3 Å². The number of methoxy groups -OCH3 is 1. The zero-order valence-corrected chi connectivity index (χ0v) is 33.9. The van der Waals surface area contributed by atoms with Crippen LogP contribution < -0.4 is 5.32 Å². The lowest BCUT2D eigenvalue weighted by Crippen LogP contribution is -2.44. The Morgan fingerprint density at radius 3 is 1.94 bits per heavy atom. The van der Waals surface area contributed by atoms with Crippen LogP contribution in [0.15, 0.2) is 24.3 Å². The fourth-order valence-electron chi connectivity index (χ4n) is 5.61. The van der Waals surface area contributed by atoms with E-state index in [9.17, 15) is 14.4 Å². The summed E-state index contributed by atoms with van der Waals surface area (Å²) in [7, 11) is 3.56. The number of ether oxygens (including phenoxy) is 4. The molecule has 0 aliphatic rings. The highest BCUT2D eigenvalue weighted by atomic mass is 16.6. The van der Waals surface area contributed by atoms with Gasteiger partial charge in [-0.3, -0.25) is 9.59 Å². The number of carbonyl (C=O) groups excluding carboxylic acids is 3. The molecule has 2 atom stereocenters. The number of nitrogens with zero attached hydrogens (tertiary/aromatic N) is 1. The Morgan fingerprint density at radius 2 is 1.29 bits per heavy atom. The number of esters is 2. The van der Waals surface area contributed by atoms with Crippen molar-refractivity contribution < 1.29 is 33.3 Å². The number of alkyl carbamates (subject to hydrolysis) is 1. The molecular formula is C42H78N2O7. The molecule has 0 saturated carbocycles. The summed E-state index contributed by atoms with van der Waals surface area (Å²) in [5.41, 5.74) is -1.06. The SMILES string of the molecule is CCCCC/C=C\C/C=C\CCCCCCCC(=O)OCC(COC)COC(=O)C(C)(C)C(CCCCCCCC)OC(=O)NCCN(C)CC. The molecule has 0 fully saturated rings. The number of likely N-dealkylation sites (N-methyl/N-ethyl adjacent to an activating group) is 1. The maximum atomic E-state index is 13.4. The molecule has 9 nitrogen and oxygen atoms in total.